The molecular formula is C13H22O4Si. The van der Waals surface area contributed by atoms with E-state index in [1.165, 1.54) is 0 Å². The summed E-state index contributed by atoms with van der Waals surface area (Å²) in [6.45, 7) is 4.41. The third-order valence-corrected chi connectivity index (χ3v) is 5.91. The highest BCUT2D eigenvalue weighted by molar-refractivity contribution is 6.71. The zero-order valence-electron chi connectivity index (χ0n) is 11.4. The minimum Gasteiger partial charge on any atom is -0.420 e. The highest BCUT2D eigenvalue weighted by atomic mass is 28.4. The normalized spacial score (nSPS) is 20.7. The van der Waals surface area contributed by atoms with Crippen molar-refractivity contribution in [2.75, 3.05) is 7.11 Å². The molecular weight excluding hydrogens is 248 g/mol. The lowest BCUT2D eigenvalue weighted by atomic mass is 10.0. The van der Waals surface area contributed by atoms with Crippen LogP contribution in [0.2, 0.25) is 19.1 Å². The van der Waals surface area contributed by atoms with Crippen molar-refractivity contribution in [3.05, 3.63) is 12.2 Å². The molecule has 1 aliphatic rings. The van der Waals surface area contributed by atoms with E-state index in [2.05, 4.69) is 23.9 Å². The van der Waals surface area contributed by atoms with Crippen LogP contribution in [-0.4, -0.2) is 27.4 Å². The van der Waals surface area contributed by atoms with Gasteiger partial charge in [-0.25, -0.2) is 0 Å². The molecule has 102 valence electrons. The average molecular weight is 270 g/mol. The number of unbranched alkanes of at least 4 members (excludes halogenated alkanes) is 1. The van der Waals surface area contributed by atoms with Crippen molar-refractivity contribution in [3.8, 4) is 0 Å². The Morgan fingerprint density at radius 3 is 2.67 bits per heavy atom. The van der Waals surface area contributed by atoms with Crippen molar-refractivity contribution >= 4 is 20.3 Å². The number of hydrogen-bond acceptors (Lipinski definition) is 4. The minimum atomic E-state index is -1.44. The van der Waals surface area contributed by atoms with Gasteiger partial charge in [0, 0.05) is 7.11 Å². The number of carbonyl (C=O) groups excluding carboxylic acids is 2. The Morgan fingerprint density at radius 2 is 2.11 bits per heavy atom. The van der Waals surface area contributed by atoms with Crippen LogP contribution in [0.5, 0.6) is 0 Å². The third-order valence-electron chi connectivity index (χ3n) is 3.25. The molecule has 1 heterocycles. The van der Waals surface area contributed by atoms with E-state index >= 15 is 0 Å². The van der Waals surface area contributed by atoms with Crippen LogP contribution in [0.1, 0.15) is 25.7 Å². The molecule has 0 aliphatic carbocycles. The average Bonchev–Trinajstić information content (AvgIpc) is 2.62. The molecule has 1 unspecified atom stereocenters. The van der Waals surface area contributed by atoms with Crippen LogP contribution >= 0.6 is 0 Å². The van der Waals surface area contributed by atoms with Crippen molar-refractivity contribution in [2.24, 2.45) is 5.92 Å². The first-order valence-electron chi connectivity index (χ1n) is 6.39. The summed E-state index contributed by atoms with van der Waals surface area (Å²) in [4.78, 5) is 22.1. The van der Waals surface area contributed by atoms with Gasteiger partial charge < -0.3 is 9.16 Å². The highest BCUT2D eigenvalue weighted by Gasteiger charge is 2.32. The van der Waals surface area contributed by atoms with E-state index in [4.69, 9.17) is 4.43 Å². The molecule has 18 heavy (non-hydrogen) atoms. The lowest BCUT2D eigenvalue weighted by molar-refractivity contribution is -0.153. The van der Waals surface area contributed by atoms with Gasteiger partial charge in [-0.15, -0.1) is 0 Å². The van der Waals surface area contributed by atoms with Crippen molar-refractivity contribution in [2.45, 2.75) is 44.8 Å². The predicted molar refractivity (Wildman–Crippen MR) is 71.5 cm³/mol. The summed E-state index contributed by atoms with van der Waals surface area (Å²) in [6, 6.07) is 1.14. The standard InChI is InChI=1S/C13H22O4Si/c1-16-18(2,3)9-7-5-4-6-8-11-10-12(14)17-13(11)15/h4,6,11H,5,7-10H2,1-3H3. The Balaban J connectivity index is 2.15. The summed E-state index contributed by atoms with van der Waals surface area (Å²) in [5, 5.41) is 0. The number of esters is 2. The summed E-state index contributed by atoms with van der Waals surface area (Å²) < 4.78 is 9.96. The number of rotatable bonds is 7. The maximum Gasteiger partial charge on any atom is 0.317 e. The molecule has 0 radical (unpaired) electrons. The molecule has 5 heteroatoms. The predicted octanol–water partition coefficient (Wildman–Crippen LogP) is 2.65. The Hall–Kier alpha value is -0.943. The molecule has 0 aromatic rings. The van der Waals surface area contributed by atoms with Crippen LogP contribution in [0.25, 0.3) is 0 Å². The van der Waals surface area contributed by atoms with Gasteiger partial charge in [0.15, 0.2) is 8.32 Å². The van der Waals surface area contributed by atoms with Crippen LogP contribution < -0.4 is 0 Å². The SMILES string of the molecule is CO[Si](C)(C)CCCC=CCC1CC(=O)OC1=O. The first-order valence-corrected chi connectivity index (χ1v) is 9.51. The first kappa shape index (κ1) is 15.1. The summed E-state index contributed by atoms with van der Waals surface area (Å²) in [6.07, 6.45) is 7.00. The number of ether oxygens (including phenoxy) is 1. The second-order valence-electron chi connectivity index (χ2n) is 5.26. The fourth-order valence-electron chi connectivity index (χ4n) is 1.83. The van der Waals surface area contributed by atoms with Gasteiger partial charge in [-0.05, 0) is 32.0 Å². The van der Waals surface area contributed by atoms with Gasteiger partial charge in [0.25, 0.3) is 0 Å². The molecule has 1 rings (SSSR count). The zero-order chi connectivity index (χ0) is 13.6. The van der Waals surface area contributed by atoms with E-state index in [1.54, 1.807) is 7.11 Å². The van der Waals surface area contributed by atoms with Crippen molar-refractivity contribution in [1.82, 2.24) is 0 Å². The molecule has 0 saturated carbocycles. The first-order chi connectivity index (χ1) is 8.44. The molecule has 0 aromatic heterocycles. The zero-order valence-corrected chi connectivity index (χ0v) is 12.4. The van der Waals surface area contributed by atoms with Gasteiger partial charge in [0.05, 0.1) is 12.3 Å². The minimum absolute atomic E-state index is 0.229. The van der Waals surface area contributed by atoms with E-state index in [-0.39, 0.29) is 18.3 Å². The van der Waals surface area contributed by atoms with Gasteiger partial charge in [-0.2, -0.15) is 0 Å². The Kier molecular flexibility index (Phi) is 5.75. The summed E-state index contributed by atoms with van der Waals surface area (Å²) in [5.41, 5.74) is 0. The van der Waals surface area contributed by atoms with Crippen LogP contribution in [-0.2, 0) is 18.8 Å². The topological polar surface area (TPSA) is 52.6 Å². The lowest BCUT2D eigenvalue weighted by Crippen LogP contribution is -2.27. The van der Waals surface area contributed by atoms with Crippen LogP contribution in [0.3, 0.4) is 0 Å². The molecule has 0 amide bonds. The monoisotopic (exact) mass is 270 g/mol. The Bertz CT molecular complexity index is 336. The fourth-order valence-corrected chi connectivity index (χ4v) is 3.09. The Labute approximate surface area is 109 Å². The summed E-state index contributed by atoms with van der Waals surface area (Å²) >= 11 is 0. The molecule has 0 bridgehead atoms. The molecule has 1 atom stereocenters. The fraction of sp³-hybridized carbons (Fsp3) is 0.692. The number of cyclic esters (lactones) is 2. The summed E-state index contributed by atoms with van der Waals surface area (Å²) in [5.74, 6) is -1.04. The molecule has 0 aromatic carbocycles. The smallest absolute Gasteiger partial charge is 0.317 e. The molecule has 0 N–H and O–H groups in total. The second-order valence-corrected chi connectivity index (χ2v) is 9.68. The van der Waals surface area contributed by atoms with Gasteiger partial charge in [-0.3, -0.25) is 9.59 Å². The van der Waals surface area contributed by atoms with E-state index in [0.29, 0.717) is 6.42 Å². The second kappa shape index (κ2) is 6.85. The van der Waals surface area contributed by atoms with Crippen molar-refractivity contribution in [3.63, 3.8) is 0 Å². The van der Waals surface area contributed by atoms with Gasteiger partial charge in [-0.1, -0.05) is 18.6 Å². The van der Waals surface area contributed by atoms with E-state index in [9.17, 15) is 9.59 Å². The third kappa shape index (κ3) is 5.14. The quantitative estimate of drug-likeness (QED) is 0.235. The highest BCUT2D eigenvalue weighted by Crippen LogP contribution is 2.20. The van der Waals surface area contributed by atoms with Gasteiger partial charge in [0.2, 0.25) is 0 Å². The van der Waals surface area contributed by atoms with Gasteiger partial charge in [0.1, 0.15) is 0 Å². The van der Waals surface area contributed by atoms with E-state index in [0.717, 1.165) is 18.9 Å². The van der Waals surface area contributed by atoms with Crippen LogP contribution in [0.15, 0.2) is 12.2 Å². The molecule has 1 fully saturated rings. The Morgan fingerprint density at radius 1 is 1.39 bits per heavy atom. The molecule has 4 nitrogen and oxygen atoms in total. The molecule has 0 spiro atoms. The number of allylic oxidation sites excluding steroid dienone is 2. The maximum absolute atomic E-state index is 11.2. The van der Waals surface area contributed by atoms with Gasteiger partial charge >= 0.3 is 11.9 Å². The van der Waals surface area contributed by atoms with Crippen molar-refractivity contribution < 1.29 is 18.8 Å². The van der Waals surface area contributed by atoms with Crippen LogP contribution in [0.4, 0.5) is 0 Å². The number of hydrogen-bond donors (Lipinski definition) is 0. The van der Waals surface area contributed by atoms with E-state index < -0.39 is 14.3 Å². The number of carbonyl (C=O) groups is 2. The summed E-state index contributed by atoms with van der Waals surface area (Å²) in [7, 11) is 0.347. The lowest BCUT2D eigenvalue weighted by Gasteiger charge is -2.18. The molecule has 1 saturated heterocycles. The maximum atomic E-state index is 11.2. The van der Waals surface area contributed by atoms with Crippen LogP contribution in [0, 0.1) is 5.92 Å². The molecule has 1 aliphatic heterocycles. The van der Waals surface area contributed by atoms with E-state index in [1.807, 2.05) is 6.08 Å². The largest absolute Gasteiger partial charge is 0.420 e. The van der Waals surface area contributed by atoms with Crippen molar-refractivity contribution in [1.29, 1.82) is 0 Å².